The van der Waals surface area contributed by atoms with Gasteiger partial charge < -0.3 is 19.3 Å². The van der Waals surface area contributed by atoms with Crippen LogP contribution < -0.4 is 10.1 Å². The summed E-state index contributed by atoms with van der Waals surface area (Å²) in [6.07, 6.45) is 1.31. The minimum Gasteiger partial charge on any atom is -0.482 e. The number of ether oxygens (including phenoxy) is 2. The fraction of sp³-hybridized carbons (Fsp3) is 0.214. The first kappa shape index (κ1) is 15.8. The van der Waals surface area contributed by atoms with E-state index in [2.05, 4.69) is 15.0 Å². The second kappa shape index (κ2) is 7.46. The van der Waals surface area contributed by atoms with Gasteiger partial charge in [-0.05, 0) is 30.7 Å². The molecule has 1 aromatic carbocycles. The van der Waals surface area contributed by atoms with Gasteiger partial charge in [-0.2, -0.15) is 0 Å². The van der Waals surface area contributed by atoms with Crippen LogP contribution in [0.4, 0.5) is 5.82 Å². The smallest absolute Gasteiger partial charge is 0.344 e. The van der Waals surface area contributed by atoms with Crippen molar-refractivity contribution in [3.63, 3.8) is 0 Å². The molecule has 7 nitrogen and oxygen atoms in total. The van der Waals surface area contributed by atoms with Gasteiger partial charge in [0, 0.05) is 11.1 Å². The Labute approximate surface area is 131 Å². The number of aromatic nitrogens is 1. The molecule has 0 spiro atoms. The van der Waals surface area contributed by atoms with E-state index in [4.69, 9.17) is 21.1 Å². The van der Waals surface area contributed by atoms with Gasteiger partial charge in [0.2, 0.25) is 0 Å². The highest BCUT2D eigenvalue weighted by molar-refractivity contribution is 6.31. The third-order valence-electron chi connectivity index (χ3n) is 2.56. The van der Waals surface area contributed by atoms with Crippen LogP contribution in [0.1, 0.15) is 5.56 Å². The van der Waals surface area contributed by atoms with E-state index in [9.17, 15) is 9.59 Å². The zero-order chi connectivity index (χ0) is 15.9. The molecule has 22 heavy (non-hydrogen) atoms. The number of hydrogen-bond donors (Lipinski definition) is 1. The summed E-state index contributed by atoms with van der Waals surface area (Å²) in [5.41, 5.74) is 0.833. The number of benzene rings is 1. The van der Waals surface area contributed by atoms with E-state index in [0.29, 0.717) is 10.8 Å². The van der Waals surface area contributed by atoms with E-state index in [1.54, 1.807) is 18.2 Å². The molecule has 0 bridgehead atoms. The Morgan fingerprint density at radius 2 is 2.14 bits per heavy atom. The monoisotopic (exact) mass is 324 g/mol. The minimum atomic E-state index is -0.664. The van der Waals surface area contributed by atoms with Crippen LogP contribution in [0.2, 0.25) is 5.02 Å². The first-order valence-electron chi connectivity index (χ1n) is 6.29. The summed E-state index contributed by atoms with van der Waals surface area (Å²) in [7, 11) is 0. The van der Waals surface area contributed by atoms with Crippen LogP contribution in [-0.4, -0.2) is 30.2 Å². The lowest BCUT2D eigenvalue weighted by Gasteiger charge is -2.08. The topological polar surface area (TPSA) is 90.7 Å². The molecule has 116 valence electrons. The van der Waals surface area contributed by atoms with Gasteiger partial charge in [0.1, 0.15) is 12.0 Å². The molecule has 0 saturated heterocycles. The summed E-state index contributed by atoms with van der Waals surface area (Å²) in [6.45, 7) is 1.08. The highest BCUT2D eigenvalue weighted by Crippen LogP contribution is 2.20. The Kier molecular flexibility index (Phi) is 5.37. The number of hydrogen-bond acceptors (Lipinski definition) is 6. The van der Waals surface area contributed by atoms with Gasteiger partial charge in [0.15, 0.2) is 19.0 Å². The molecule has 0 fully saturated rings. The van der Waals surface area contributed by atoms with Crippen LogP contribution in [0, 0.1) is 6.92 Å². The SMILES string of the molecule is Cc1cc(OCC(=O)OCC(=O)Nc2ccon2)ccc1Cl. The van der Waals surface area contributed by atoms with Crippen LogP contribution in [0.3, 0.4) is 0 Å². The lowest BCUT2D eigenvalue weighted by molar-refractivity contribution is -0.149. The van der Waals surface area contributed by atoms with Gasteiger partial charge in [0.05, 0.1) is 0 Å². The van der Waals surface area contributed by atoms with Crippen molar-refractivity contribution < 1.29 is 23.6 Å². The van der Waals surface area contributed by atoms with Crippen molar-refractivity contribution in [1.82, 2.24) is 5.16 Å². The second-order valence-electron chi connectivity index (χ2n) is 4.29. The molecular formula is C14H13ClN2O5. The molecule has 2 rings (SSSR count). The van der Waals surface area contributed by atoms with E-state index in [-0.39, 0.29) is 12.4 Å². The largest absolute Gasteiger partial charge is 0.482 e. The van der Waals surface area contributed by atoms with Crippen LogP contribution in [0.15, 0.2) is 35.1 Å². The number of esters is 1. The number of carbonyl (C=O) groups is 2. The molecular weight excluding hydrogens is 312 g/mol. The number of aryl methyl sites for hydroxylation is 1. The van der Waals surface area contributed by atoms with Crippen molar-refractivity contribution in [2.45, 2.75) is 6.92 Å². The summed E-state index contributed by atoms with van der Waals surface area (Å²) in [6, 6.07) is 6.47. The highest BCUT2D eigenvalue weighted by atomic mass is 35.5. The number of halogens is 1. The van der Waals surface area contributed by atoms with Gasteiger partial charge in [-0.1, -0.05) is 16.8 Å². The average molecular weight is 325 g/mol. The number of nitrogens with zero attached hydrogens (tertiary/aromatic N) is 1. The molecule has 0 aliphatic heterocycles. The fourth-order valence-electron chi connectivity index (χ4n) is 1.49. The molecule has 0 radical (unpaired) electrons. The van der Waals surface area contributed by atoms with E-state index >= 15 is 0 Å². The molecule has 0 aliphatic rings. The Morgan fingerprint density at radius 1 is 1.32 bits per heavy atom. The lowest BCUT2D eigenvalue weighted by Crippen LogP contribution is -2.23. The van der Waals surface area contributed by atoms with Gasteiger partial charge in [-0.3, -0.25) is 4.79 Å². The molecule has 1 N–H and O–H groups in total. The Bertz CT molecular complexity index is 657. The first-order valence-corrected chi connectivity index (χ1v) is 6.67. The number of anilines is 1. The summed E-state index contributed by atoms with van der Waals surface area (Å²) >= 11 is 5.88. The standard InChI is InChI=1S/C14H13ClN2O5/c1-9-6-10(2-3-11(9)15)20-8-14(19)21-7-13(18)16-12-4-5-22-17-12/h2-6H,7-8H2,1H3,(H,16,17,18). The summed E-state index contributed by atoms with van der Waals surface area (Å²) in [5.74, 6) is -0.452. The Balaban J connectivity index is 1.71. The minimum absolute atomic E-state index is 0.244. The maximum Gasteiger partial charge on any atom is 0.344 e. The zero-order valence-corrected chi connectivity index (χ0v) is 12.4. The molecule has 0 unspecified atom stereocenters. The van der Waals surface area contributed by atoms with Crippen molar-refractivity contribution in [3.05, 3.63) is 41.1 Å². The van der Waals surface area contributed by atoms with Crippen molar-refractivity contribution in [2.24, 2.45) is 0 Å². The van der Waals surface area contributed by atoms with Crippen molar-refractivity contribution >= 4 is 29.3 Å². The lowest BCUT2D eigenvalue weighted by atomic mass is 10.2. The van der Waals surface area contributed by atoms with Crippen molar-refractivity contribution in [1.29, 1.82) is 0 Å². The average Bonchev–Trinajstić information content (AvgIpc) is 2.99. The maximum absolute atomic E-state index is 11.5. The molecule has 2 aromatic rings. The zero-order valence-electron chi connectivity index (χ0n) is 11.7. The van der Waals surface area contributed by atoms with Gasteiger partial charge in [0.25, 0.3) is 5.91 Å². The molecule has 0 aliphatic carbocycles. The molecule has 0 saturated carbocycles. The molecule has 1 amide bonds. The number of nitrogens with one attached hydrogen (secondary N) is 1. The van der Waals surface area contributed by atoms with Crippen LogP contribution >= 0.6 is 11.6 Å². The molecule has 0 atom stereocenters. The van der Waals surface area contributed by atoms with E-state index in [1.807, 2.05) is 6.92 Å². The van der Waals surface area contributed by atoms with Crippen LogP contribution in [0.5, 0.6) is 5.75 Å². The normalized spacial score (nSPS) is 10.1. The number of amides is 1. The summed E-state index contributed by atoms with van der Waals surface area (Å²) in [4.78, 5) is 22.9. The summed E-state index contributed by atoms with van der Waals surface area (Å²) < 4.78 is 14.6. The van der Waals surface area contributed by atoms with Gasteiger partial charge in [-0.15, -0.1) is 0 Å². The predicted molar refractivity (Wildman–Crippen MR) is 77.8 cm³/mol. The van der Waals surface area contributed by atoms with Crippen molar-refractivity contribution in [2.75, 3.05) is 18.5 Å². The third kappa shape index (κ3) is 4.78. The molecule has 1 heterocycles. The maximum atomic E-state index is 11.5. The van der Waals surface area contributed by atoms with Gasteiger partial charge >= 0.3 is 5.97 Å². The van der Waals surface area contributed by atoms with Crippen molar-refractivity contribution in [3.8, 4) is 5.75 Å². The third-order valence-corrected chi connectivity index (χ3v) is 2.98. The molecule has 1 aromatic heterocycles. The summed E-state index contributed by atoms with van der Waals surface area (Å²) in [5, 5.41) is 6.49. The van der Waals surface area contributed by atoms with E-state index < -0.39 is 18.5 Å². The van der Waals surface area contributed by atoms with E-state index in [0.717, 1.165) is 5.56 Å². The molecule has 8 heteroatoms. The quantitative estimate of drug-likeness (QED) is 0.819. The number of rotatable bonds is 6. The predicted octanol–water partition coefficient (Wildman–Crippen LogP) is 2.20. The first-order chi connectivity index (χ1) is 10.5. The fourth-order valence-corrected chi connectivity index (χ4v) is 1.61. The van der Waals surface area contributed by atoms with E-state index in [1.165, 1.54) is 12.3 Å². The van der Waals surface area contributed by atoms with Crippen LogP contribution in [0.25, 0.3) is 0 Å². The Morgan fingerprint density at radius 3 is 2.82 bits per heavy atom. The highest BCUT2D eigenvalue weighted by Gasteiger charge is 2.10. The Hall–Kier alpha value is -2.54. The van der Waals surface area contributed by atoms with Gasteiger partial charge in [-0.25, -0.2) is 4.79 Å². The van der Waals surface area contributed by atoms with Crippen LogP contribution in [-0.2, 0) is 14.3 Å². The second-order valence-corrected chi connectivity index (χ2v) is 4.70. The number of carbonyl (C=O) groups excluding carboxylic acids is 2.